The lowest BCUT2D eigenvalue weighted by atomic mass is 10.1. The summed E-state index contributed by atoms with van der Waals surface area (Å²) in [5, 5.41) is 19.5. The Hall–Kier alpha value is -2.32. The molecule has 0 saturated heterocycles. The summed E-state index contributed by atoms with van der Waals surface area (Å²) in [6.45, 7) is 2.04. The van der Waals surface area contributed by atoms with Crippen molar-refractivity contribution in [3.63, 3.8) is 0 Å². The Morgan fingerprint density at radius 3 is 2.50 bits per heavy atom. The van der Waals surface area contributed by atoms with Crippen LogP contribution in [0.25, 0.3) is 0 Å². The molecule has 0 saturated carbocycles. The second-order valence-electron chi connectivity index (χ2n) is 4.14. The summed E-state index contributed by atoms with van der Waals surface area (Å²) < 4.78 is 0. The molecule has 0 spiro atoms. The molecule has 0 aliphatic heterocycles. The maximum absolute atomic E-state index is 10.6. The molecule has 0 fully saturated rings. The van der Waals surface area contributed by atoms with Gasteiger partial charge < -0.3 is 0 Å². The van der Waals surface area contributed by atoms with E-state index in [0.29, 0.717) is 5.56 Å². The third-order valence-corrected chi connectivity index (χ3v) is 3.97. The predicted molar refractivity (Wildman–Crippen MR) is 77.8 cm³/mol. The number of nitro groups is 1. The van der Waals surface area contributed by atoms with Gasteiger partial charge in [-0.1, -0.05) is 18.7 Å². The van der Waals surface area contributed by atoms with Crippen molar-refractivity contribution in [2.24, 2.45) is 0 Å². The van der Waals surface area contributed by atoms with Gasteiger partial charge in [0.2, 0.25) is 0 Å². The normalized spacial score (nSPS) is 10.0. The topological polar surface area (TPSA) is 66.9 Å². The van der Waals surface area contributed by atoms with Crippen molar-refractivity contribution in [2.45, 2.75) is 23.1 Å². The Kier molecular flexibility index (Phi) is 4.38. The SMILES string of the molecule is CCc1cc(C#N)ccc1Sc1ccc([N+](=O)[O-])cc1. The van der Waals surface area contributed by atoms with E-state index in [-0.39, 0.29) is 5.69 Å². The highest BCUT2D eigenvalue weighted by Crippen LogP contribution is 2.32. The monoisotopic (exact) mass is 284 g/mol. The molecule has 0 aliphatic carbocycles. The number of nitriles is 1. The molecule has 0 radical (unpaired) electrons. The van der Waals surface area contributed by atoms with Crippen molar-refractivity contribution in [1.29, 1.82) is 5.26 Å². The fourth-order valence-electron chi connectivity index (χ4n) is 1.79. The van der Waals surface area contributed by atoms with Crippen molar-refractivity contribution in [1.82, 2.24) is 0 Å². The van der Waals surface area contributed by atoms with E-state index >= 15 is 0 Å². The van der Waals surface area contributed by atoms with E-state index in [9.17, 15) is 10.1 Å². The summed E-state index contributed by atoms with van der Waals surface area (Å²) in [6.07, 6.45) is 0.838. The summed E-state index contributed by atoms with van der Waals surface area (Å²) in [6, 6.07) is 14.2. The highest BCUT2D eigenvalue weighted by atomic mass is 32.2. The summed E-state index contributed by atoms with van der Waals surface area (Å²) in [5.41, 5.74) is 1.84. The molecule has 0 N–H and O–H groups in total. The van der Waals surface area contributed by atoms with Crippen LogP contribution in [0, 0.1) is 21.4 Å². The van der Waals surface area contributed by atoms with Crippen LogP contribution in [-0.2, 0) is 6.42 Å². The van der Waals surface area contributed by atoms with Crippen molar-refractivity contribution in [2.75, 3.05) is 0 Å². The minimum Gasteiger partial charge on any atom is -0.258 e. The van der Waals surface area contributed by atoms with Gasteiger partial charge in [0, 0.05) is 21.9 Å². The maximum Gasteiger partial charge on any atom is 0.269 e. The van der Waals surface area contributed by atoms with Gasteiger partial charge in [0.15, 0.2) is 0 Å². The Labute approximate surface area is 121 Å². The van der Waals surface area contributed by atoms with E-state index in [1.165, 1.54) is 12.1 Å². The van der Waals surface area contributed by atoms with Crippen LogP contribution < -0.4 is 0 Å². The lowest BCUT2D eigenvalue weighted by Gasteiger charge is -2.07. The molecule has 20 heavy (non-hydrogen) atoms. The van der Waals surface area contributed by atoms with Gasteiger partial charge in [0.1, 0.15) is 0 Å². The number of rotatable bonds is 4. The van der Waals surface area contributed by atoms with Crippen LogP contribution in [0.2, 0.25) is 0 Å². The lowest BCUT2D eigenvalue weighted by molar-refractivity contribution is -0.384. The van der Waals surface area contributed by atoms with E-state index in [2.05, 4.69) is 6.07 Å². The molecule has 100 valence electrons. The third-order valence-electron chi connectivity index (χ3n) is 2.85. The zero-order valence-corrected chi connectivity index (χ0v) is 11.7. The van der Waals surface area contributed by atoms with Gasteiger partial charge in [-0.05, 0) is 42.3 Å². The molecular weight excluding hydrogens is 272 g/mol. The van der Waals surface area contributed by atoms with E-state index in [0.717, 1.165) is 21.8 Å². The van der Waals surface area contributed by atoms with Crippen molar-refractivity contribution < 1.29 is 4.92 Å². The second-order valence-corrected chi connectivity index (χ2v) is 5.26. The molecule has 4 nitrogen and oxygen atoms in total. The molecule has 0 bridgehead atoms. The largest absolute Gasteiger partial charge is 0.269 e. The van der Waals surface area contributed by atoms with Gasteiger partial charge in [0.05, 0.1) is 16.6 Å². The van der Waals surface area contributed by atoms with Gasteiger partial charge in [-0.2, -0.15) is 5.26 Å². The number of hydrogen-bond donors (Lipinski definition) is 0. The Bertz CT molecular complexity index is 675. The van der Waals surface area contributed by atoms with Crippen molar-refractivity contribution >= 4 is 17.4 Å². The Morgan fingerprint density at radius 2 is 1.95 bits per heavy atom. The van der Waals surface area contributed by atoms with Crippen LogP contribution in [0.5, 0.6) is 0 Å². The van der Waals surface area contributed by atoms with Crippen LogP contribution in [0.1, 0.15) is 18.1 Å². The van der Waals surface area contributed by atoms with Gasteiger partial charge in [-0.15, -0.1) is 0 Å². The van der Waals surface area contributed by atoms with Crippen LogP contribution in [-0.4, -0.2) is 4.92 Å². The van der Waals surface area contributed by atoms with Crippen LogP contribution in [0.3, 0.4) is 0 Å². The van der Waals surface area contributed by atoms with Crippen molar-refractivity contribution in [3.8, 4) is 6.07 Å². The molecule has 0 aromatic heterocycles. The number of nitro benzene ring substituents is 1. The average Bonchev–Trinajstić information content (AvgIpc) is 2.48. The van der Waals surface area contributed by atoms with Crippen LogP contribution in [0.4, 0.5) is 5.69 Å². The average molecular weight is 284 g/mol. The molecule has 0 aliphatic rings. The van der Waals surface area contributed by atoms with Gasteiger partial charge in [-0.25, -0.2) is 0 Å². The first-order valence-electron chi connectivity index (χ1n) is 6.09. The Morgan fingerprint density at radius 1 is 1.25 bits per heavy atom. The number of benzene rings is 2. The fraction of sp³-hybridized carbons (Fsp3) is 0.133. The van der Waals surface area contributed by atoms with Crippen LogP contribution >= 0.6 is 11.8 Å². The number of aryl methyl sites for hydroxylation is 1. The summed E-state index contributed by atoms with van der Waals surface area (Å²) >= 11 is 1.55. The van der Waals surface area contributed by atoms with Gasteiger partial charge in [0.25, 0.3) is 5.69 Å². The molecular formula is C15H12N2O2S. The first-order valence-corrected chi connectivity index (χ1v) is 6.91. The molecule has 2 aromatic rings. The number of nitrogens with zero attached hydrogens (tertiary/aromatic N) is 2. The zero-order chi connectivity index (χ0) is 14.5. The van der Waals surface area contributed by atoms with E-state index in [1.807, 2.05) is 19.1 Å². The van der Waals surface area contributed by atoms with E-state index < -0.39 is 4.92 Å². The van der Waals surface area contributed by atoms with Crippen LogP contribution in [0.15, 0.2) is 52.3 Å². The molecule has 5 heteroatoms. The van der Waals surface area contributed by atoms with Gasteiger partial charge in [-0.3, -0.25) is 10.1 Å². The summed E-state index contributed by atoms with van der Waals surface area (Å²) in [5.74, 6) is 0. The predicted octanol–water partition coefficient (Wildman–Crippen LogP) is 4.18. The number of non-ortho nitro benzene ring substituents is 1. The Balaban J connectivity index is 2.25. The molecule has 2 rings (SSSR count). The lowest BCUT2D eigenvalue weighted by Crippen LogP contribution is -1.89. The highest BCUT2D eigenvalue weighted by Gasteiger charge is 2.07. The molecule has 0 atom stereocenters. The van der Waals surface area contributed by atoms with E-state index in [4.69, 9.17) is 5.26 Å². The second kappa shape index (κ2) is 6.22. The maximum atomic E-state index is 10.6. The smallest absolute Gasteiger partial charge is 0.258 e. The zero-order valence-electron chi connectivity index (χ0n) is 10.9. The first-order chi connectivity index (χ1) is 9.63. The molecule has 0 heterocycles. The molecule has 2 aromatic carbocycles. The highest BCUT2D eigenvalue weighted by molar-refractivity contribution is 7.99. The summed E-state index contributed by atoms with van der Waals surface area (Å²) in [7, 11) is 0. The molecule has 0 amide bonds. The fourth-order valence-corrected chi connectivity index (χ4v) is 2.78. The minimum absolute atomic E-state index is 0.0879. The quantitative estimate of drug-likeness (QED) is 0.624. The van der Waals surface area contributed by atoms with Gasteiger partial charge >= 0.3 is 0 Å². The number of hydrogen-bond acceptors (Lipinski definition) is 4. The third kappa shape index (κ3) is 3.16. The van der Waals surface area contributed by atoms with Crippen molar-refractivity contribution in [3.05, 3.63) is 63.7 Å². The molecule has 0 unspecified atom stereocenters. The standard InChI is InChI=1S/C15H12N2O2S/c1-2-12-9-11(10-16)3-8-15(12)20-14-6-4-13(5-7-14)17(18)19/h3-9H,2H2,1H3. The first kappa shape index (κ1) is 14.1. The van der Waals surface area contributed by atoms with E-state index in [1.54, 1.807) is 30.0 Å². The minimum atomic E-state index is -0.409. The summed E-state index contributed by atoms with van der Waals surface area (Å²) in [4.78, 5) is 12.2.